The van der Waals surface area contributed by atoms with Gasteiger partial charge in [-0.25, -0.2) is 0 Å². The molecular weight excluding hydrogens is 406 g/mol. The standard InChI is InChI=1S/C26H31NO5/c1-5-31-15-7-14-27-23(19-10-8-17(3)9-11-19)22(25(29)26(27)30)24(28)20-12-13-21(32-6-2)18(4)16-20/h8-13,16,23,28H,5-7,14-15H2,1-4H3/b24-22+. The van der Waals surface area contributed by atoms with Crippen LogP contribution in [0.25, 0.3) is 5.76 Å². The smallest absolute Gasteiger partial charge is 0.295 e. The van der Waals surface area contributed by atoms with Crippen LogP contribution in [0.3, 0.4) is 0 Å². The van der Waals surface area contributed by atoms with Crippen molar-refractivity contribution in [2.45, 2.75) is 40.2 Å². The Morgan fingerprint density at radius 1 is 1.03 bits per heavy atom. The third-order valence-electron chi connectivity index (χ3n) is 5.57. The summed E-state index contributed by atoms with van der Waals surface area (Å²) in [6.07, 6.45) is 0.603. The van der Waals surface area contributed by atoms with Crippen molar-refractivity contribution in [3.05, 3.63) is 70.3 Å². The summed E-state index contributed by atoms with van der Waals surface area (Å²) in [4.78, 5) is 27.5. The second kappa shape index (κ2) is 10.5. The molecular formula is C26H31NO5. The van der Waals surface area contributed by atoms with Crippen LogP contribution >= 0.6 is 0 Å². The van der Waals surface area contributed by atoms with Crippen LogP contribution in [0.5, 0.6) is 5.75 Å². The third-order valence-corrected chi connectivity index (χ3v) is 5.57. The summed E-state index contributed by atoms with van der Waals surface area (Å²) in [5.74, 6) is -0.727. The van der Waals surface area contributed by atoms with Gasteiger partial charge in [-0.15, -0.1) is 0 Å². The fraction of sp³-hybridized carbons (Fsp3) is 0.385. The molecule has 1 aliphatic heterocycles. The summed E-state index contributed by atoms with van der Waals surface area (Å²) < 4.78 is 11.0. The number of hydrogen-bond donors (Lipinski definition) is 1. The van der Waals surface area contributed by atoms with Crippen molar-refractivity contribution < 1.29 is 24.2 Å². The molecule has 6 nitrogen and oxygen atoms in total. The fourth-order valence-corrected chi connectivity index (χ4v) is 3.96. The van der Waals surface area contributed by atoms with Gasteiger partial charge in [-0.2, -0.15) is 0 Å². The molecule has 1 heterocycles. The molecule has 1 fully saturated rings. The number of ether oxygens (including phenoxy) is 2. The van der Waals surface area contributed by atoms with Crippen molar-refractivity contribution in [1.82, 2.24) is 4.90 Å². The highest BCUT2D eigenvalue weighted by Gasteiger charge is 2.45. The van der Waals surface area contributed by atoms with Gasteiger partial charge in [0.1, 0.15) is 11.5 Å². The number of carbonyl (C=O) groups excluding carboxylic acids is 2. The summed E-state index contributed by atoms with van der Waals surface area (Å²) in [5, 5.41) is 11.2. The van der Waals surface area contributed by atoms with E-state index in [1.807, 2.05) is 52.0 Å². The lowest BCUT2D eigenvalue weighted by Crippen LogP contribution is -2.31. The molecule has 2 aromatic carbocycles. The largest absolute Gasteiger partial charge is 0.507 e. The number of carbonyl (C=O) groups is 2. The molecule has 1 atom stereocenters. The minimum Gasteiger partial charge on any atom is -0.507 e. The molecule has 0 saturated carbocycles. The van der Waals surface area contributed by atoms with Crippen molar-refractivity contribution in [3.8, 4) is 5.75 Å². The van der Waals surface area contributed by atoms with Crippen LogP contribution in [0.2, 0.25) is 0 Å². The van der Waals surface area contributed by atoms with E-state index in [4.69, 9.17) is 9.47 Å². The molecule has 1 unspecified atom stereocenters. The van der Waals surface area contributed by atoms with Crippen molar-refractivity contribution in [2.75, 3.05) is 26.4 Å². The van der Waals surface area contributed by atoms with Gasteiger partial charge in [0, 0.05) is 25.3 Å². The SMILES string of the molecule is CCOCCCN1C(=O)C(=O)/C(=C(/O)c2ccc(OCC)c(C)c2)C1c1ccc(C)cc1. The minimum absolute atomic E-state index is 0.110. The lowest BCUT2D eigenvalue weighted by molar-refractivity contribution is -0.140. The van der Waals surface area contributed by atoms with Crippen LogP contribution < -0.4 is 4.74 Å². The predicted molar refractivity (Wildman–Crippen MR) is 124 cm³/mol. The number of nitrogens with zero attached hydrogens (tertiary/aromatic N) is 1. The molecule has 3 rings (SSSR count). The Bertz CT molecular complexity index is 1010. The summed E-state index contributed by atoms with van der Waals surface area (Å²) in [6, 6.07) is 12.3. The first-order valence-corrected chi connectivity index (χ1v) is 11.1. The van der Waals surface area contributed by atoms with Crippen LogP contribution in [-0.4, -0.2) is 48.1 Å². The lowest BCUT2D eigenvalue weighted by Gasteiger charge is -2.25. The second-order valence-corrected chi connectivity index (χ2v) is 7.87. The van der Waals surface area contributed by atoms with Gasteiger partial charge in [0.25, 0.3) is 11.7 Å². The molecule has 0 radical (unpaired) electrons. The highest BCUT2D eigenvalue weighted by atomic mass is 16.5. The Morgan fingerprint density at radius 3 is 2.38 bits per heavy atom. The van der Waals surface area contributed by atoms with Crippen LogP contribution in [0.4, 0.5) is 0 Å². The minimum atomic E-state index is -0.670. The second-order valence-electron chi connectivity index (χ2n) is 7.87. The molecule has 1 N–H and O–H groups in total. The summed E-state index contributed by atoms with van der Waals surface area (Å²) >= 11 is 0. The zero-order chi connectivity index (χ0) is 23.3. The molecule has 6 heteroatoms. The van der Waals surface area contributed by atoms with Crippen LogP contribution in [0.15, 0.2) is 48.0 Å². The number of Topliss-reactive ketones (excluding diaryl/α,β-unsaturated/α-hetero) is 1. The van der Waals surface area contributed by atoms with Crippen LogP contribution in [0.1, 0.15) is 48.6 Å². The molecule has 0 spiro atoms. The maximum atomic E-state index is 13.1. The van der Waals surface area contributed by atoms with Gasteiger partial charge >= 0.3 is 0 Å². The molecule has 32 heavy (non-hydrogen) atoms. The molecule has 0 aliphatic carbocycles. The van der Waals surface area contributed by atoms with E-state index in [-0.39, 0.29) is 11.3 Å². The molecule has 170 valence electrons. The van der Waals surface area contributed by atoms with Crippen molar-refractivity contribution in [3.63, 3.8) is 0 Å². The number of aliphatic hydroxyl groups is 1. The van der Waals surface area contributed by atoms with Gasteiger partial charge in [0.15, 0.2) is 0 Å². The Labute approximate surface area is 189 Å². The zero-order valence-corrected chi connectivity index (χ0v) is 19.2. The van der Waals surface area contributed by atoms with E-state index in [9.17, 15) is 14.7 Å². The molecule has 2 aromatic rings. The topological polar surface area (TPSA) is 76.1 Å². The maximum absolute atomic E-state index is 13.1. The van der Waals surface area contributed by atoms with E-state index in [0.29, 0.717) is 38.3 Å². The Balaban J connectivity index is 2.06. The summed E-state index contributed by atoms with van der Waals surface area (Å²) in [7, 11) is 0. The predicted octanol–water partition coefficient (Wildman–Crippen LogP) is 4.55. The number of ketones is 1. The van der Waals surface area contributed by atoms with E-state index >= 15 is 0 Å². The zero-order valence-electron chi connectivity index (χ0n) is 19.2. The summed E-state index contributed by atoms with van der Waals surface area (Å²) in [6.45, 7) is 9.67. The number of benzene rings is 2. The van der Waals surface area contributed by atoms with E-state index in [1.165, 1.54) is 0 Å². The molecule has 0 aromatic heterocycles. The van der Waals surface area contributed by atoms with Crippen LogP contribution in [-0.2, 0) is 14.3 Å². The van der Waals surface area contributed by atoms with Crippen molar-refractivity contribution in [1.29, 1.82) is 0 Å². The van der Waals surface area contributed by atoms with E-state index < -0.39 is 17.7 Å². The quantitative estimate of drug-likeness (QED) is 0.270. The number of aryl methyl sites for hydroxylation is 2. The number of rotatable bonds is 9. The maximum Gasteiger partial charge on any atom is 0.295 e. The van der Waals surface area contributed by atoms with Crippen LogP contribution in [0, 0.1) is 13.8 Å². The third kappa shape index (κ3) is 4.86. The average Bonchev–Trinajstić information content (AvgIpc) is 3.03. The molecule has 1 aliphatic rings. The van der Waals surface area contributed by atoms with E-state index in [2.05, 4.69) is 0 Å². The van der Waals surface area contributed by atoms with Gasteiger partial charge in [0.05, 0.1) is 18.2 Å². The molecule has 0 bridgehead atoms. The molecule has 1 saturated heterocycles. The highest BCUT2D eigenvalue weighted by Crippen LogP contribution is 2.40. The van der Waals surface area contributed by atoms with Gasteiger partial charge < -0.3 is 19.5 Å². The fourth-order valence-electron chi connectivity index (χ4n) is 3.96. The highest BCUT2D eigenvalue weighted by molar-refractivity contribution is 6.46. The van der Waals surface area contributed by atoms with Gasteiger partial charge in [-0.05, 0) is 63.4 Å². The lowest BCUT2D eigenvalue weighted by atomic mass is 9.94. The van der Waals surface area contributed by atoms with Gasteiger partial charge in [-0.3, -0.25) is 9.59 Å². The molecule has 1 amide bonds. The number of amides is 1. The Morgan fingerprint density at radius 2 is 1.75 bits per heavy atom. The van der Waals surface area contributed by atoms with Gasteiger partial charge in [0.2, 0.25) is 0 Å². The number of hydrogen-bond acceptors (Lipinski definition) is 5. The van der Waals surface area contributed by atoms with Crippen molar-refractivity contribution >= 4 is 17.4 Å². The normalized spacial score (nSPS) is 17.8. The van der Waals surface area contributed by atoms with Gasteiger partial charge in [-0.1, -0.05) is 29.8 Å². The summed E-state index contributed by atoms with van der Waals surface area (Å²) in [5.41, 5.74) is 3.29. The first-order chi connectivity index (χ1) is 15.4. The van der Waals surface area contributed by atoms with E-state index in [1.54, 1.807) is 23.1 Å². The monoisotopic (exact) mass is 437 g/mol. The Kier molecular flexibility index (Phi) is 7.70. The number of aliphatic hydroxyl groups excluding tert-OH is 1. The van der Waals surface area contributed by atoms with E-state index in [0.717, 1.165) is 22.4 Å². The number of likely N-dealkylation sites (tertiary alicyclic amines) is 1. The first kappa shape index (κ1) is 23.5. The first-order valence-electron chi connectivity index (χ1n) is 11.1. The Hall–Kier alpha value is -3.12. The van der Waals surface area contributed by atoms with Crippen molar-refractivity contribution in [2.24, 2.45) is 0 Å². The average molecular weight is 438 g/mol.